The van der Waals surface area contributed by atoms with Crippen LogP contribution >= 0.6 is 0 Å². The zero-order chi connectivity index (χ0) is 12.2. The molecule has 16 heavy (non-hydrogen) atoms. The van der Waals surface area contributed by atoms with E-state index in [4.69, 9.17) is 9.47 Å². The zero-order valence-electron chi connectivity index (χ0n) is 10.8. The maximum absolute atomic E-state index is 5.66. The third kappa shape index (κ3) is 3.76. The minimum Gasteiger partial charge on any atom is -0.490 e. The molecule has 0 aliphatic carbocycles. The Bertz CT molecular complexity index is 322. The topological polar surface area (TPSA) is 18.5 Å². The highest BCUT2D eigenvalue weighted by molar-refractivity contribution is 5.29. The third-order valence-corrected chi connectivity index (χ3v) is 2.45. The molecule has 0 atom stereocenters. The Morgan fingerprint density at radius 1 is 1.62 bits per heavy atom. The van der Waals surface area contributed by atoms with Crippen LogP contribution in [-0.4, -0.2) is 13.2 Å². The Hall–Kier alpha value is -1.18. The van der Waals surface area contributed by atoms with E-state index >= 15 is 0 Å². The first-order chi connectivity index (χ1) is 7.44. The molecule has 0 spiro atoms. The summed E-state index contributed by atoms with van der Waals surface area (Å²) in [4.78, 5) is 0. The van der Waals surface area contributed by atoms with Crippen molar-refractivity contribution in [2.75, 3.05) is 13.2 Å². The largest absolute Gasteiger partial charge is 0.490 e. The number of rotatable bonds is 4. The summed E-state index contributed by atoms with van der Waals surface area (Å²) in [5.41, 5.74) is 1.15. The molecular formula is C14H22O2. The molecule has 0 radical (unpaired) electrons. The van der Waals surface area contributed by atoms with Gasteiger partial charge in [-0.1, -0.05) is 26.0 Å². The fourth-order valence-electron chi connectivity index (χ4n) is 1.60. The van der Waals surface area contributed by atoms with E-state index < -0.39 is 0 Å². The summed E-state index contributed by atoms with van der Waals surface area (Å²) in [6.07, 6.45) is 5.11. The summed E-state index contributed by atoms with van der Waals surface area (Å²) in [5, 5.41) is 0. The van der Waals surface area contributed by atoms with Gasteiger partial charge in [0, 0.05) is 0 Å². The van der Waals surface area contributed by atoms with Crippen molar-refractivity contribution < 1.29 is 9.47 Å². The van der Waals surface area contributed by atoms with Gasteiger partial charge in [0.15, 0.2) is 11.5 Å². The van der Waals surface area contributed by atoms with Crippen LogP contribution in [0.5, 0.6) is 0 Å². The van der Waals surface area contributed by atoms with Crippen LogP contribution in [0.2, 0.25) is 0 Å². The fourth-order valence-corrected chi connectivity index (χ4v) is 1.60. The van der Waals surface area contributed by atoms with Gasteiger partial charge in [-0.3, -0.25) is 0 Å². The standard InChI is InChI=1S/C14H22O2/c1-6-15-12(9-11(2)3)13-10-14(4,5)7-8-16-13/h9-10H,2,6-8H2,1,3-5H3/b12-9-. The lowest BCUT2D eigenvalue weighted by Gasteiger charge is -2.28. The summed E-state index contributed by atoms with van der Waals surface area (Å²) in [7, 11) is 0. The average molecular weight is 222 g/mol. The van der Waals surface area contributed by atoms with Crippen molar-refractivity contribution in [2.45, 2.75) is 34.1 Å². The van der Waals surface area contributed by atoms with Crippen LogP contribution in [-0.2, 0) is 9.47 Å². The van der Waals surface area contributed by atoms with Crippen molar-refractivity contribution in [3.8, 4) is 0 Å². The second-order valence-corrected chi connectivity index (χ2v) is 4.88. The number of hydrogen-bond acceptors (Lipinski definition) is 2. The Balaban J connectivity index is 2.94. The van der Waals surface area contributed by atoms with Crippen molar-refractivity contribution in [2.24, 2.45) is 5.41 Å². The van der Waals surface area contributed by atoms with Crippen molar-refractivity contribution in [3.05, 3.63) is 35.8 Å². The van der Waals surface area contributed by atoms with Gasteiger partial charge in [-0.15, -0.1) is 0 Å². The molecule has 1 rings (SSSR count). The SMILES string of the molecule is C=C(C)/C=C(\OCC)C1=CC(C)(C)CCO1. The van der Waals surface area contributed by atoms with Crippen molar-refractivity contribution in [1.29, 1.82) is 0 Å². The van der Waals surface area contributed by atoms with E-state index in [0.29, 0.717) is 6.61 Å². The molecule has 2 nitrogen and oxygen atoms in total. The first kappa shape index (κ1) is 12.9. The smallest absolute Gasteiger partial charge is 0.161 e. The third-order valence-electron chi connectivity index (χ3n) is 2.45. The summed E-state index contributed by atoms with van der Waals surface area (Å²) < 4.78 is 11.2. The Morgan fingerprint density at radius 2 is 2.31 bits per heavy atom. The molecule has 1 aliphatic rings. The second kappa shape index (κ2) is 5.24. The van der Waals surface area contributed by atoms with Crippen molar-refractivity contribution in [3.63, 3.8) is 0 Å². The minimum absolute atomic E-state index is 0.179. The first-order valence-corrected chi connectivity index (χ1v) is 5.80. The van der Waals surface area contributed by atoms with Gasteiger partial charge in [-0.2, -0.15) is 0 Å². The van der Waals surface area contributed by atoms with Gasteiger partial charge in [-0.25, -0.2) is 0 Å². The zero-order valence-corrected chi connectivity index (χ0v) is 10.8. The molecule has 0 bridgehead atoms. The summed E-state index contributed by atoms with van der Waals surface area (Å²) in [6, 6.07) is 0. The van der Waals surface area contributed by atoms with Gasteiger partial charge in [0.05, 0.1) is 13.2 Å². The molecule has 1 heterocycles. The van der Waals surface area contributed by atoms with Gasteiger partial charge in [0.25, 0.3) is 0 Å². The van der Waals surface area contributed by atoms with Gasteiger partial charge < -0.3 is 9.47 Å². The Labute approximate surface area is 98.6 Å². The van der Waals surface area contributed by atoms with E-state index in [0.717, 1.165) is 30.1 Å². The van der Waals surface area contributed by atoms with E-state index in [9.17, 15) is 0 Å². The Kier molecular flexibility index (Phi) is 4.22. The lowest BCUT2D eigenvalue weighted by atomic mass is 9.87. The number of ether oxygens (including phenoxy) is 2. The van der Waals surface area contributed by atoms with Crippen LogP contribution in [0, 0.1) is 5.41 Å². The molecular weight excluding hydrogens is 200 g/mol. The highest BCUT2D eigenvalue weighted by atomic mass is 16.5. The lowest BCUT2D eigenvalue weighted by molar-refractivity contribution is 0.118. The molecule has 0 N–H and O–H groups in total. The first-order valence-electron chi connectivity index (χ1n) is 5.80. The molecule has 0 aromatic heterocycles. The van der Waals surface area contributed by atoms with Crippen LogP contribution in [0.1, 0.15) is 34.1 Å². The highest BCUT2D eigenvalue weighted by Crippen LogP contribution is 2.32. The maximum Gasteiger partial charge on any atom is 0.161 e. The molecule has 0 aromatic rings. The monoisotopic (exact) mass is 222 g/mol. The minimum atomic E-state index is 0.179. The van der Waals surface area contributed by atoms with E-state index in [1.165, 1.54) is 0 Å². The van der Waals surface area contributed by atoms with Crippen molar-refractivity contribution >= 4 is 0 Å². The van der Waals surface area contributed by atoms with Crippen LogP contribution in [0.3, 0.4) is 0 Å². The molecule has 0 fully saturated rings. The predicted octanol–water partition coefficient (Wildman–Crippen LogP) is 3.81. The van der Waals surface area contributed by atoms with Crippen LogP contribution < -0.4 is 0 Å². The van der Waals surface area contributed by atoms with Gasteiger partial charge in [0.2, 0.25) is 0 Å². The average Bonchev–Trinajstić information content (AvgIpc) is 2.15. The molecule has 1 aliphatic heterocycles. The van der Waals surface area contributed by atoms with Crippen LogP contribution in [0.15, 0.2) is 35.8 Å². The predicted molar refractivity (Wildman–Crippen MR) is 67.0 cm³/mol. The lowest BCUT2D eigenvalue weighted by Crippen LogP contribution is -2.19. The maximum atomic E-state index is 5.66. The van der Waals surface area contributed by atoms with Crippen molar-refractivity contribution in [1.82, 2.24) is 0 Å². The summed E-state index contributed by atoms with van der Waals surface area (Å²) in [6.45, 7) is 13.6. The summed E-state index contributed by atoms with van der Waals surface area (Å²) in [5.74, 6) is 1.64. The normalized spacial score (nSPS) is 19.8. The van der Waals surface area contributed by atoms with Gasteiger partial charge in [-0.05, 0) is 37.8 Å². The number of hydrogen-bond donors (Lipinski definition) is 0. The molecule has 0 aromatic carbocycles. The Morgan fingerprint density at radius 3 is 2.81 bits per heavy atom. The van der Waals surface area contributed by atoms with E-state index in [1.54, 1.807) is 0 Å². The molecule has 0 saturated heterocycles. The summed E-state index contributed by atoms with van der Waals surface area (Å²) >= 11 is 0. The fraction of sp³-hybridized carbons (Fsp3) is 0.571. The van der Waals surface area contributed by atoms with Gasteiger partial charge >= 0.3 is 0 Å². The van der Waals surface area contributed by atoms with Gasteiger partial charge in [0.1, 0.15) is 0 Å². The quantitative estimate of drug-likeness (QED) is 0.532. The van der Waals surface area contributed by atoms with Crippen LogP contribution in [0.25, 0.3) is 0 Å². The van der Waals surface area contributed by atoms with E-state index in [2.05, 4.69) is 26.5 Å². The molecule has 2 heteroatoms. The molecule has 0 amide bonds. The molecule has 90 valence electrons. The second-order valence-electron chi connectivity index (χ2n) is 4.88. The van der Waals surface area contributed by atoms with Crippen LogP contribution in [0.4, 0.5) is 0 Å². The molecule has 0 saturated carbocycles. The van der Waals surface area contributed by atoms with E-state index in [-0.39, 0.29) is 5.41 Å². The number of allylic oxidation sites excluding steroid dienone is 3. The highest BCUT2D eigenvalue weighted by Gasteiger charge is 2.23. The van der Waals surface area contributed by atoms with E-state index in [1.807, 2.05) is 19.9 Å². The molecule has 0 unspecified atom stereocenters.